The molecule has 0 fully saturated rings. The van der Waals surface area contributed by atoms with Crippen molar-refractivity contribution in [3.05, 3.63) is 40.7 Å². The van der Waals surface area contributed by atoms with Crippen molar-refractivity contribution >= 4 is 28.1 Å². The summed E-state index contributed by atoms with van der Waals surface area (Å²) in [6.45, 7) is 1.96. The van der Waals surface area contributed by atoms with Crippen LogP contribution in [0.3, 0.4) is 0 Å². The fraction of sp³-hybridized carbons (Fsp3) is 0.286. The maximum atomic E-state index is 13.8. The minimum absolute atomic E-state index is 0.227. The average molecular weight is 294 g/mol. The van der Waals surface area contributed by atoms with Crippen molar-refractivity contribution in [1.29, 1.82) is 0 Å². The molecule has 1 aromatic carbocycles. The lowest BCUT2D eigenvalue weighted by Crippen LogP contribution is -2.10. The van der Waals surface area contributed by atoms with Crippen molar-refractivity contribution in [2.24, 2.45) is 0 Å². The zero-order valence-electron chi connectivity index (χ0n) is 11.3. The predicted molar refractivity (Wildman–Crippen MR) is 77.5 cm³/mol. The first-order valence-electron chi connectivity index (χ1n) is 6.25. The van der Waals surface area contributed by atoms with Crippen LogP contribution in [0.15, 0.2) is 24.3 Å². The number of carboxylic acid groups (broad SMARTS) is 1. The maximum absolute atomic E-state index is 13.8. The molecule has 1 N–H and O–H groups in total. The van der Waals surface area contributed by atoms with Crippen LogP contribution in [0.1, 0.15) is 28.7 Å². The van der Waals surface area contributed by atoms with Gasteiger partial charge in [0.15, 0.2) is 5.13 Å². The van der Waals surface area contributed by atoms with Gasteiger partial charge in [0.25, 0.3) is 0 Å². The molecule has 0 aliphatic rings. The zero-order valence-corrected chi connectivity index (χ0v) is 12.1. The first-order chi connectivity index (χ1) is 9.54. The molecule has 0 spiro atoms. The minimum Gasteiger partial charge on any atom is -0.477 e. The molecule has 0 saturated carbocycles. The Morgan fingerprint density at radius 3 is 2.75 bits per heavy atom. The van der Waals surface area contributed by atoms with Crippen LogP contribution < -0.4 is 4.90 Å². The summed E-state index contributed by atoms with van der Waals surface area (Å²) in [6.07, 6.45) is 1.41. The van der Waals surface area contributed by atoms with Gasteiger partial charge in [-0.05, 0) is 18.6 Å². The van der Waals surface area contributed by atoms with E-state index >= 15 is 0 Å². The number of benzene rings is 1. The van der Waals surface area contributed by atoms with Gasteiger partial charge < -0.3 is 10.0 Å². The second kappa shape index (κ2) is 6.00. The molecule has 0 aliphatic heterocycles. The van der Waals surface area contributed by atoms with Crippen molar-refractivity contribution in [2.45, 2.75) is 19.8 Å². The van der Waals surface area contributed by atoms with Gasteiger partial charge in [-0.3, -0.25) is 0 Å². The van der Waals surface area contributed by atoms with E-state index in [0.29, 0.717) is 22.9 Å². The normalized spacial score (nSPS) is 10.6. The number of carboxylic acids is 1. The van der Waals surface area contributed by atoms with Crippen molar-refractivity contribution < 1.29 is 14.3 Å². The van der Waals surface area contributed by atoms with Gasteiger partial charge in [0.1, 0.15) is 10.7 Å². The molecular formula is C14H15FN2O2S. The topological polar surface area (TPSA) is 53.4 Å². The van der Waals surface area contributed by atoms with E-state index in [4.69, 9.17) is 0 Å². The summed E-state index contributed by atoms with van der Waals surface area (Å²) in [4.78, 5) is 17.4. The zero-order chi connectivity index (χ0) is 14.7. The van der Waals surface area contributed by atoms with Gasteiger partial charge in [-0.2, -0.15) is 0 Å². The lowest BCUT2D eigenvalue weighted by Gasteiger charge is -2.16. The van der Waals surface area contributed by atoms with Gasteiger partial charge in [0.2, 0.25) is 0 Å². The number of thiazole rings is 1. The molecule has 0 amide bonds. The fourth-order valence-corrected chi connectivity index (χ4v) is 2.81. The minimum atomic E-state index is -0.987. The number of halogens is 1. The van der Waals surface area contributed by atoms with Gasteiger partial charge in [-0.15, -0.1) is 0 Å². The third kappa shape index (κ3) is 2.80. The summed E-state index contributed by atoms with van der Waals surface area (Å²) >= 11 is 1.07. The van der Waals surface area contributed by atoms with E-state index in [9.17, 15) is 14.3 Å². The van der Waals surface area contributed by atoms with Crippen LogP contribution in [-0.2, 0) is 6.42 Å². The highest BCUT2D eigenvalue weighted by molar-refractivity contribution is 7.17. The third-order valence-corrected chi connectivity index (χ3v) is 4.03. The molecule has 0 atom stereocenters. The van der Waals surface area contributed by atoms with E-state index in [1.807, 2.05) is 6.92 Å². The number of anilines is 2. The second-order valence-electron chi connectivity index (χ2n) is 4.34. The quantitative estimate of drug-likeness (QED) is 0.913. The van der Waals surface area contributed by atoms with Crippen molar-refractivity contribution in [3.8, 4) is 0 Å². The van der Waals surface area contributed by atoms with E-state index < -0.39 is 5.97 Å². The van der Waals surface area contributed by atoms with E-state index in [2.05, 4.69) is 4.98 Å². The van der Waals surface area contributed by atoms with E-state index in [1.165, 1.54) is 6.07 Å². The molecule has 0 radical (unpaired) electrons. The number of rotatable bonds is 5. The van der Waals surface area contributed by atoms with Crippen LogP contribution in [-0.4, -0.2) is 23.1 Å². The van der Waals surface area contributed by atoms with Crippen LogP contribution in [0.2, 0.25) is 0 Å². The van der Waals surface area contributed by atoms with Crippen LogP contribution in [0.5, 0.6) is 0 Å². The van der Waals surface area contributed by atoms with Crippen LogP contribution in [0.4, 0.5) is 15.2 Å². The molecule has 0 aliphatic carbocycles. The number of aromatic nitrogens is 1. The van der Waals surface area contributed by atoms with Crippen LogP contribution >= 0.6 is 11.3 Å². The van der Waals surface area contributed by atoms with Gasteiger partial charge in [-0.1, -0.05) is 36.8 Å². The molecule has 0 bridgehead atoms. The smallest absolute Gasteiger partial charge is 0.347 e. The standard InChI is InChI=1S/C14H15FN2O2S/c1-3-6-10-12(13(18)19)20-14(16-10)17(2)11-8-5-4-7-9(11)15/h4-5,7-8H,3,6H2,1-2H3,(H,18,19). The molecule has 0 saturated heterocycles. The van der Waals surface area contributed by atoms with Gasteiger partial charge in [-0.25, -0.2) is 14.2 Å². The first-order valence-corrected chi connectivity index (χ1v) is 7.07. The fourth-order valence-electron chi connectivity index (χ4n) is 1.88. The number of aromatic carboxylic acids is 1. The Hall–Kier alpha value is -1.95. The molecule has 0 unspecified atom stereocenters. The Morgan fingerprint density at radius 1 is 1.45 bits per heavy atom. The summed E-state index contributed by atoms with van der Waals surface area (Å²) in [7, 11) is 1.68. The Balaban J connectivity index is 2.40. The molecule has 6 heteroatoms. The highest BCUT2D eigenvalue weighted by Crippen LogP contribution is 2.32. The van der Waals surface area contributed by atoms with E-state index in [1.54, 1.807) is 30.1 Å². The Kier molecular flexibility index (Phi) is 4.34. The second-order valence-corrected chi connectivity index (χ2v) is 5.32. The largest absolute Gasteiger partial charge is 0.477 e. The number of para-hydroxylation sites is 1. The molecule has 20 heavy (non-hydrogen) atoms. The lowest BCUT2D eigenvalue weighted by molar-refractivity contribution is 0.0700. The monoisotopic (exact) mass is 294 g/mol. The Labute approximate surface area is 120 Å². The van der Waals surface area contributed by atoms with Crippen LogP contribution in [0, 0.1) is 5.82 Å². The summed E-state index contributed by atoms with van der Waals surface area (Å²) in [5.41, 5.74) is 0.935. The number of aryl methyl sites for hydroxylation is 1. The first kappa shape index (κ1) is 14.5. The van der Waals surface area contributed by atoms with Crippen molar-refractivity contribution in [2.75, 3.05) is 11.9 Å². The van der Waals surface area contributed by atoms with Crippen LogP contribution in [0.25, 0.3) is 0 Å². The molecule has 2 aromatic rings. The summed E-state index contributed by atoms with van der Waals surface area (Å²) in [5.74, 6) is -1.35. The van der Waals surface area contributed by atoms with Crippen molar-refractivity contribution in [3.63, 3.8) is 0 Å². The summed E-state index contributed by atoms with van der Waals surface area (Å²) in [6, 6.07) is 6.34. The van der Waals surface area contributed by atoms with Crippen molar-refractivity contribution in [1.82, 2.24) is 4.98 Å². The average Bonchev–Trinajstić information content (AvgIpc) is 2.83. The summed E-state index contributed by atoms with van der Waals surface area (Å²) < 4.78 is 13.8. The van der Waals surface area contributed by atoms with Gasteiger partial charge in [0, 0.05) is 7.05 Å². The molecule has 4 nitrogen and oxygen atoms in total. The summed E-state index contributed by atoms with van der Waals surface area (Å²) in [5, 5.41) is 9.67. The Bertz CT molecular complexity index is 627. The maximum Gasteiger partial charge on any atom is 0.347 e. The number of carbonyl (C=O) groups is 1. The highest BCUT2D eigenvalue weighted by Gasteiger charge is 2.20. The molecular weight excluding hydrogens is 279 g/mol. The lowest BCUT2D eigenvalue weighted by atomic mass is 10.2. The highest BCUT2D eigenvalue weighted by atomic mass is 32.1. The third-order valence-electron chi connectivity index (χ3n) is 2.87. The number of nitrogens with zero attached hydrogens (tertiary/aromatic N) is 2. The van der Waals surface area contributed by atoms with E-state index in [-0.39, 0.29) is 10.7 Å². The molecule has 2 rings (SSSR count). The van der Waals surface area contributed by atoms with Gasteiger partial charge >= 0.3 is 5.97 Å². The molecule has 1 heterocycles. The Morgan fingerprint density at radius 2 is 2.15 bits per heavy atom. The van der Waals surface area contributed by atoms with E-state index in [0.717, 1.165) is 17.8 Å². The number of hydrogen-bond acceptors (Lipinski definition) is 4. The van der Waals surface area contributed by atoms with Gasteiger partial charge in [0.05, 0.1) is 11.4 Å². The number of hydrogen-bond donors (Lipinski definition) is 1. The molecule has 106 valence electrons. The molecule has 1 aromatic heterocycles. The predicted octanol–water partition coefficient (Wildman–Crippen LogP) is 3.70. The SMILES string of the molecule is CCCc1nc(N(C)c2ccccc2F)sc1C(=O)O.